The van der Waals surface area contributed by atoms with E-state index >= 15 is 0 Å². The van der Waals surface area contributed by atoms with E-state index in [4.69, 9.17) is 4.74 Å². The van der Waals surface area contributed by atoms with Crippen molar-refractivity contribution in [2.24, 2.45) is 0 Å². The fourth-order valence-electron chi connectivity index (χ4n) is 1.77. The molecule has 0 saturated carbocycles. The van der Waals surface area contributed by atoms with Crippen molar-refractivity contribution in [3.05, 3.63) is 0 Å². The Morgan fingerprint density at radius 3 is 2.92 bits per heavy atom. The Hall–Kier alpha value is 0.310. The summed E-state index contributed by atoms with van der Waals surface area (Å²) in [6.07, 6.45) is 8.67. The van der Waals surface area contributed by atoms with E-state index in [1.54, 1.807) is 0 Å². The van der Waals surface area contributed by atoms with Crippen LogP contribution in [0, 0.1) is 0 Å². The van der Waals surface area contributed by atoms with Crippen LogP contribution >= 0.6 is 11.8 Å². The molecule has 1 fully saturated rings. The molecule has 1 saturated heterocycles. The van der Waals surface area contributed by atoms with Crippen molar-refractivity contribution < 1.29 is 4.74 Å². The van der Waals surface area contributed by atoms with Gasteiger partial charge in [-0.1, -0.05) is 19.8 Å². The van der Waals surface area contributed by atoms with Crippen LogP contribution in [0.4, 0.5) is 0 Å². The summed E-state index contributed by atoms with van der Waals surface area (Å²) in [6, 6.07) is 0. The predicted molar refractivity (Wildman–Crippen MR) is 60.4 cm³/mol. The summed E-state index contributed by atoms with van der Waals surface area (Å²) >= 11 is 2.06. The summed E-state index contributed by atoms with van der Waals surface area (Å²) in [4.78, 5) is 0. The van der Waals surface area contributed by atoms with E-state index in [9.17, 15) is 0 Å². The van der Waals surface area contributed by atoms with Crippen LogP contribution in [0.15, 0.2) is 0 Å². The second-order valence-corrected chi connectivity index (χ2v) is 5.08. The van der Waals surface area contributed by atoms with Crippen LogP contribution in [0.1, 0.15) is 45.4 Å². The average Bonchev–Trinajstić information content (AvgIpc) is 2.63. The molecule has 0 N–H and O–H groups in total. The van der Waals surface area contributed by atoms with E-state index in [-0.39, 0.29) is 0 Å². The van der Waals surface area contributed by atoms with E-state index in [0.29, 0.717) is 6.10 Å². The van der Waals surface area contributed by atoms with E-state index in [0.717, 1.165) is 6.61 Å². The third kappa shape index (κ3) is 5.58. The zero-order chi connectivity index (χ0) is 9.36. The van der Waals surface area contributed by atoms with Crippen molar-refractivity contribution in [1.29, 1.82) is 0 Å². The van der Waals surface area contributed by atoms with Gasteiger partial charge in [0.15, 0.2) is 0 Å². The van der Waals surface area contributed by atoms with Crippen molar-refractivity contribution in [1.82, 2.24) is 0 Å². The summed E-state index contributed by atoms with van der Waals surface area (Å²) < 4.78 is 5.58. The Labute approximate surface area is 86.6 Å². The molecule has 0 aromatic rings. The van der Waals surface area contributed by atoms with Crippen molar-refractivity contribution in [2.75, 3.05) is 18.1 Å². The molecule has 1 rings (SSSR count). The molecule has 1 nitrogen and oxygen atoms in total. The van der Waals surface area contributed by atoms with Gasteiger partial charge in [-0.05, 0) is 37.2 Å². The molecule has 1 heterocycles. The minimum absolute atomic E-state index is 0.610. The first-order chi connectivity index (χ1) is 6.43. The first kappa shape index (κ1) is 11.4. The molecule has 0 aromatic carbocycles. The van der Waals surface area contributed by atoms with Crippen molar-refractivity contribution >= 4 is 11.8 Å². The maximum atomic E-state index is 5.58. The van der Waals surface area contributed by atoms with Crippen molar-refractivity contribution in [3.8, 4) is 0 Å². The maximum absolute atomic E-state index is 5.58. The third-order valence-electron chi connectivity index (χ3n) is 2.54. The van der Waals surface area contributed by atoms with Crippen LogP contribution in [0.2, 0.25) is 0 Å². The van der Waals surface area contributed by atoms with Gasteiger partial charge >= 0.3 is 0 Å². The highest BCUT2D eigenvalue weighted by Gasteiger charge is 2.13. The SMILES string of the molecule is CCSCCCCCC1CCCO1. The van der Waals surface area contributed by atoms with Crippen molar-refractivity contribution in [3.63, 3.8) is 0 Å². The Balaban J connectivity index is 1.78. The molecular formula is C11H22OS. The van der Waals surface area contributed by atoms with E-state index < -0.39 is 0 Å². The first-order valence-corrected chi connectivity index (χ1v) is 6.78. The molecule has 1 aliphatic rings. The molecule has 13 heavy (non-hydrogen) atoms. The fourth-order valence-corrected chi connectivity index (χ4v) is 2.47. The third-order valence-corrected chi connectivity index (χ3v) is 3.53. The van der Waals surface area contributed by atoms with E-state index in [1.807, 2.05) is 0 Å². The first-order valence-electron chi connectivity index (χ1n) is 5.63. The molecule has 2 heteroatoms. The number of unbranched alkanes of at least 4 members (excludes halogenated alkanes) is 2. The van der Waals surface area contributed by atoms with Gasteiger partial charge in [-0.3, -0.25) is 0 Å². The van der Waals surface area contributed by atoms with Crippen LogP contribution in [0.3, 0.4) is 0 Å². The summed E-state index contributed by atoms with van der Waals surface area (Å²) in [5.74, 6) is 2.62. The Morgan fingerprint density at radius 2 is 2.23 bits per heavy atom. The van der Waals surface area contributed by atoms with Crippen LogP contribution in [-0.4, -0.2) is 24.2 Å². The molecule has 0 aromatic heterocycles. The van der Waals surface area contributed by atoms with Gasteiger partial charge in [0.2, 0.25) is 0 Å². The number of hydrogen-bond acceptors (Lipinski definition) is 2. The molecule has 0 aliphatic carbocycles. The van der Waals surface area contributed by atoms with Crippen LogP contribution < -0.4 is 0 Å². The van der Waals surface area contributed by atoms with Gasteiger partial charge in [0, 0.05) is 6.61 Å². The van der Waals surface area contributed by atoms with Crippen LogP contribution in [-0.2, 0) is 4.74 Å². The van der Waals surface area contributed by atoms with Gasteiger partial charge in [0.25, 0.3) is 0 Å². The monoisotopic (exact) mass is 202 g/mol. The lowest BCUT2D eigenvalue weighted by molar-refractivity contribution is 0.102. The maximum Gasteiger partial charge on any atom is 0.0576 e. The molecule has 0 radical (unpaired) electrons. The van der Waals surface area contributed by atoms with Gasteiger partial charge in [0.1, 0.15) is 0 Å². The summed E-state index contributed by atoms with van der Waals surface area (Å²) in [6.45, 7) is 3.24. The predicted octanol–water partition coefficient (Wildman–Crippen LogP) is 3.48. The van der Waals surface area contributed by atoms with Gasteiger partial charge < -0.3 is 4.74 Å². The molecular weight excluding hydrogens is 180 g/mol. The Morgan fingerprint density at radius 1 is 1.31 bits per heavy atom. The minimum Gasteiger partial charge on any atom is -0.378 e. The lowest BCUT2D eigenvalue weighted by Gasteiger charge is -2.07. The normalized spacial score (nSPS) is 22.4. The fraction of sp³-hybridized carbons (Fsp3) is 1.00. The number of ether oxygens (including phenoxy) is 1. The molecule has 1 atom stereocenters. The Kier molecular flexibility index (Phi) is 6.73. The largest absolute Gasteiger partial charge is 0.378 e. The summed E-state index contributed by atoms with van der Waals surface area (Å²) in [5, 5.41) is 0. The van der Waals surface area contributed by atoms with Crippen molar-refractivity contribution in [2.45, 2.75) is 51.6 Å². The smallest absolute Gasteiger partial charge is 0.0576 e. The number of rotatable bonds is 7. The molecule has 0 spiro atoms. The molecule has 78 valence electrons. The number of hydrogen-bond donors (Lipinski definition) is 0. The van der Waals surface area contributed by atoms with Crippen LogP contribution in [0.25, 0.3) is 0 Å². The quantitative estimate of drug-likeness (QED) is 0.585. The molecule has 0 bridgehead atoms. The van der Waals surface area contributed by atoms with Gasteiger partial charge in [0.05, 0.1) is 6.10 Å². The minimum atomic E-state index is 0.610. The average molecular weight is 202 g/mol. The lowest BCUT2D eigenvalue weighted by Crippen LogP contribution is -2.03. The molecule has 0 amide bonds. The Bertz CT molecular complexity index is 111. The topological polar surface area (TPSA) is 9.23 Å². The second kappa shape index (κ2) is 7.69. The molecule has 1 unspecified atom stereocenters. The van der Waals surface area contributed by atoms with Gasteiger partial charge in [-0.15, -0.1) is 0 Å². The van der Waals surface area contributed by atoms with E-state index in [1.165, 1.54) is 50.0 Å². The second-order valence-electron chi connectivity index (χ2n) is 3.68. The van der Waals surface area contributed by atoms with E-state index in [2.05, 4.69) is 18.7 Å². The summed E-state index contributed by atoms with van der Waals surface area (Å²) in [7, 11) is 0. The summed E-state index contributed by atoms with van der Waals surface area (Å²) in [5.41, 5.74) is 0. The highest BCUT2D eigenvalue weighted by Crippen LogP contribution is 2.18. The van der Waals surface area contributed by atoms with Gasteiger partial charge in [-0.2, -0.15) is 11.8 Å². The zero-order valence-electron chi connectivity index (χ0n) is 8.76. The highest BCUT2D eigenvalue weighted by molar-refractivity contribution is 7.99. The highest BCUT2D eigenvalue weighted by atomic mass is 32.2. The standard InChI is InChI=1S/C11H22OS/c1-2-13-10-5-3-4-7-11-8-6-9-12-11/h11H,2-10H2,1H3. The van der Waals surface area contributed by atoms with Crippen LogP contribution in [0.5, 0.6) is 0 Å². The van der Waals surface area contributed by atoms with Gasteiger partial charge in [-0.25, -0.2) is 0 Å². The lowest BCUT2D eigenvalue weighted by atomic mass is 10.1. The number of thioether (sulfide) groups is 1. The molecule has 1 aliphatic heterocycles. The zero-order valence-corrected chi connectivity index (χ0v) is 9.57.